The molecule has 0 spiro atoms. The lowest BCUT2D eigenvalue weighted by Crippen LogP contribution is -1.76. The van der Waals surface area contributed by atoms with Gasteiger partial charge in [0.25, 0.3) is 0 Å². The standard InChI is InChI=1S/C2H5F2O2P.CH3F2O2P/c1-2-6-7(3,4)5;1-5-6(2,3)4/h2H2,1H3;1H3. The Morgan fingerprint density at radius 3 is 1.38 bits per heavy atom. The highest BCUT2D eigenvalue weighted by atomic mass is 31.2. The minimum Gasteiger partial charge on any atom is -0.284 e. The van der Waals surface area contributed by atoms with Crippen LogP contribution in [0.5, 0.6) is 0 Å². The molecule has 0 aliphatic heterocycles. The van der Waals surface area contributed by atoms with Crippen LogP contribution in [0, 0.1) is 0 Å². The van der Waals surface area contributed by atoms with E-state index in [0.717, 1.165) is 0 Å². The van der Waals surface area contributed by atoms with Gasteiger partial charge in [-0.1, -0.05) is 0 Å². The van der Waals surface area contributed by atoms with E-state index >= 15 is 0 Å². The van der Waals surface area contributed by atoms with Gasteiger partial charge in [0, 0.05) is 7.11 Å². The van der Waals surface area contributed by atoms with Crippen LogP contribution in [0.2, 0.25) is 0 Å². The van der Waals surface area contributed by atoms with E-state index in [-0.39, 0.29) is 6.61 Å². The Balaban J connectivity index is 0. The second-order valence-corrected chi connectivity index (χ2v) is 3.71. The molecule has 0 atom stereocenters. The zero-order valence-electron chi connectivity index (χ0n) is 6.75. The van der Waals surface area contributed by atoms with E-state index in [1.807, 2.05) is 0 Å². The largest absolute Gasteiger partial charge is 0.551 e. The molecule has 0 bridgehead atoms. The molecule has 10 heteroatoms. The lowest BCUT2D eigenvalue weighted by atomic mass is 10.9. The molecule has 0 heterocycles. The molecule has 82 valence electrons. The monoisotopic (exact) mass is 246 g/mol. The van der Waals surface area contributed by atoms with Crippen molar-refractivity contribution >= 4 is 16.0 Å². The number of rotatable bonds is 3. The van der Waals surface area contributed by atoms with Crippen molar-refractivity contribution in [1.82, 2.24) is 0 Å². The topological polar surface area (TPSA) is 52.6 Å². The highest BCUT2D eigenvalue weighted by molar-refractivity contribution is 7.47. The Kier molecular flexibility index (Phi) is 7.83. The summed E-state index contributed by atoms with van der Waals surface area (Å²) in [6.07, 6.45) is 0. The van der Waals surface area contributed by atoms with Gasteiger partial charge in [-0.3, -0.25) is 9.05 Å². The van der Waals surface area contributed by atoms with Gasteiger partial charge in [0.2, 0.25) is 0 Å². The first-order chi connectivity index (χ1) is 5.62. The highest BCUT2D eigenvalue weighted by Gasteiger charge is 2.17. The molecular formula is C3H8F4O4P2. The Morgan fingerprint density at radius 1 is 1.08 bits per heavy atom. The number of hydrogen-bond donors (Lipinski definition) is 0. The second-order valence-electron chi connectivity index (χ2n) is 1.43. The van der Waals surface area contributed by atoms with Crippen LogP contribution in [-0.2, 0) is 18.2 Å². The lowest BCUT2D eigenvalue weighted by molar-refractivity contribution is 0.270. The molecule has 0 saturated heterocycles. The summed E-state index contributed by atoms with van der Waals surface area (Å²) in [5, 5.41) is 0. The Morgan fingerprint density at radius 2 is 1.38 bits per heavy atom. The summed E-state index contributed by atoms with van der Waals surface area (Å²) in [6.45, 7) is 1.15. The molecular weight excluding hydrogens is 238 g/mol. The summed E-state index contributed by atoms with van der Waals surface area (Å²) >= 11 is 0. The Bertz CT molecular complexity index is 209. The van der Waals surface area contributed by atoms with Gasteiger partial charge in [-0.25, -0.2) is 9.13 Å². The van der Waals surface area contributed by atoms with Crippen molar-refractivity contribution < 1.29 is 35.0 Å². The van der Waals surface area contributed by atoms with Crippen molar-refractivity contribution in [2.75, 3.05) is 13.7 Å². The van der Waals surface area contributed by atoms with Gasteiger partial charge in [0.05, 0.1) is 6.61 Å². The molecule has 0 aromatic carbocycles. The van der Waals surface area contributed by atoms with Crippen LogP contribution in [0.25, 0.3) is 0 Å². The average molecular weight is 246 g/mol. The van der Waals surface area contributed by atoms with Gasteiger partial charge in [-0.05, 0) is 6.92 Å². The van der Waals surface area contributed by atoms with Gasteiger partial charge in [0.15, 0.2) is 0 Å². The molecule has 0 fully saturated rings. The van der Waals surface area contributed by atoms with Crippen LogP contribution < -0.4 is 0 Å². The quantitative estimate of drug-likeness (QED) is 0.562. The Labute approximate surface area is 72.6 Å². The van der Waals surface area contributed by atoms with Crippen LogP contribution in [0.3, 0.4) is 0 Å². The Hall–Kier alpha value is 0.100. The van der Waals surface area contributed by atoms with Crippen molar-refractivity contribution in [3.05, 3.63) is 0 Å². The molecule has 0 aliphatic carbocycles. The van der Waals surface area contributed by atoms with Gasteiger partial charge >= 0.3 is 16.0 Å². The third-order valence-electron chi connectivity index (χ3n) is 0.492. The van der Waals surface area contributed by atoms with Crippen molar-refractivity contribution in [1.29, 1.82) is 0 Å². The predicted octanol–water partition coefficient (Wildman–Crippen LogP) is 3.75. The third-order valence-corrected chi connectivity index (χ3v) is 1.48. The summed E-state index contributed by atoms with van der Waals surface area (Å²) in [5.41, 5.74) is 0. The first kappa shape index (κ1) is 15.6. The molecule has 0 radical (unpaired) electrons. The van der Waals surface area contributed by atoms with Crippen LogP contribution in [0.1, 0.15) is 6.92 Å². The zero-order chi connectivity index (χ0) is 11.1. The fourth-order valence-electron chi connectivity index (χ4n) is 0.150. The molecule has 0 rings (SSSR count). The first-order valence-corrected chi connectivity index (χ1v) is 5.62. The molecule has 4 nitrogen and oxygen atoms in total. The third kappa shape index (κ3) is 24.5. The summed E-state index contributed by atoms with van der Waals surface area (Å²) in [7, 11) is -9.62. The summed E-state index contributed by atoms with van der Waals surface area (Å²) in [4.78, 5) is 0. The van der Waals surface area contributed by atoms with Gasteiger partial charge in [0.1, 0.15) is 0 Å². The minimum absolute atomic E-state index is 0.204. The normalized spacial score (nSPS) is 11.8. The van der Waals surface area contributed by atoms with Crippen LogP contribution in [-0.4, -0.2) is 13.7 Å². The van der Waals surface area contributed by atoms with E-state index in [1.165, 1.54) is 6.92 Å². The molecule has 0 aliphatic rings. The number of hydrogen-bond acceptors (Lipinski definition) is 4. The van der Waals surface area contributed by atoms with Crippen LogP contribution in [0.4, 0.5) is 16.8 Å². The fraction of sp³-hybridized carbons (Fsp3) is 1.00. The summed E-state index contributed by atoms with van der Waals surface area (Å²) in [6, 6.07) is 0. The maximum atomic E-state index is 11.1. The molecule has 0 aromatic rings. The second kappa shape index (κ2) is 6.54. The van der Waals surface area contributed by atoms with E-state index in [9.17, 15) is 21.4 Å². The molecule has 0 N–H and O–H groups in total. The van der Waals surface area contributed by atoms with Crippen molar-refractivity contribution in [2.24, 2.45) is 0 Å². The van der Waals surface area contributed by atoms with Crippen molar-refractivity contribution in [2.45, 2.75) is 6.92 Å². The van der Waals surface area contributed by atoms with Gasteiger partial charge in [-0.2, -0.15) is 0 Å². The molecule has 0 saturated carbocycles. The van der Waals surface area contributed by atoms with E-state index in [0.29, 0.717) is 7.11 Å². The fourth-order valence-corrected chi connectivity index (χ4v) is 0.451. The predicted molar refractivity (Wildman–Crippen MR) is 38.3 cm³/mol. The van der Waals surface area contributed by atoms with E-state index in [2.05, 4.69) is 9.05 Å². The van der Waals surface area contributed by atoms with Crippen LogP contribution in [0.15, 0.2) is 0 Å². The summed E-state index contributed by atoms with van der Waals surface area (Å²) < 4.78 is 68.6. The maximum absolute atomic E-state index is 11.1. The smallest absolute Gasteiger partial charge is 0.284 e. The van der Waals surface area contributed by atoms with E-state index in [1.54, 1.807) is 0 Å². The number of halogens is 4. The van der Waals surface area contributed by atoms with Crippen molar-refractivity contribution in [3.8, 4) is 0 Å². The highest BCUT2D eigenvalue weighted by Crippen LogP contribution is 2.49. The summed E-state index contributed by atoms with van der Waals surface area (Å²) in [5.74, 6) is 0. The first-order valence-electron chi connectivity index (χ1n) is 2.81. The molecule has 0 amide bonds. The maximum Gasteiger partial charge on any atom is 0.551 e. The van der Waals surface area contributed by atoms with Gasteiger partial charge < -0.3 is 0 Å². The lowest BCUT2D eigenvalue weighted by Gasteiger charge is -1.92. The molecule has 13 heavy (non-hydrogen) atoms. The van der Waals surface area contributed by atoms with Crippen molar-refractivity contribution in [3.63, 3.8) is 0 Å². The SMILES string of the molecule is CCOP(=O)(F)F.COP(=O)(F)F. The van der Waals surface area contributed by atoms with Crippen LogP contribution >= 0.6 is 16.0 Å². The zero-order valence-corrected chi connectivity index (χ0v) is 8.54. The average Bonchev–Trinajstić information content (AvgIpc) is 1.84. The molecule has 0 unspecified atom stereocenters. The van der Waals surface area contributed by atoms with E-state index in [4.69, 9.17) is 4.57 Å². The minimum atomic E-state index is -5.17. The van der Waals surface area contributed by atoms with Gasteiger partial charge in [-0.15, -0.1) is 16.8 Å². The molecule has 0 aromatic heterocycles. The van der Waals surface area contributed by atoms with E-state index < -0.39 is 16.0 Å².